The monoisotopic (exact) mass is 173 g/mol. The van der Waals surface area contributed by atoms with Crippen LogP contribution >= 0.6 is 0 Å². The minimum atomic E-state index is 0.178. The molecule has 0 heterocycles. The molecule has 0 aromatic heterocycles. The molecule has 0 fully saturated rings. The maximum Gasteiger partial charge on any atom is 0.131 e. The highest BCUT2D eigenvalue weighted by Crippen LogP contribution is 1.93. The van der Waals surface area contributed by atoms with Gasteiger partial charge in [0.25, 0.3) is 0 Å². The van der Waals surface area contributed by atoms with E-state index in [4.69, 9.17) is 5.11 Å². The molecule has 1 N–H and O–H groups in total. The summed E-state index contributed by atoms with van der Waals surface area (Å²) in [6.45, 7) is 6.30. The molecule has 0 aromatic rings. The zero-order valence-electron chi connectivity index (χ0n) is 8.05. The predicted molar refractivity (Wildman–Crippen MR) is 49.1 cm³/mol. The van der Waals surface area contributed by atoms with Crippen LogP contribution in [0.1, 0.15) is 26.7 Å². The van der Waals surface area contributed by atoms with Crippen molar-refractivity contribution in [2.75, 3.05) is 26.2 Å². The van der Waals surface area contributed by atoms with Gasteiger partial charge in [-0.25, -0.2) is 0 Å². The van der Waals surface area contributed by atoms with Gasteiger partial charge in [0.05, 0.1) is 6.61 Å². The Labute approximate surface area is 74.4 Å². The number of hydrogen-bond donors (Lipinski definition) is 1. The van der Waals surface area contributed by atoms with Crippen LogP contribution in [0.5, 0.6) is 0 Å². The van der Waals surface area contributed by atoms with Crippen molar-refractivity contribution in [2.45, 2.75) is 26.7 Å². The molecule has 3 heteroatoms. The maximum atomic E-state index is 10.7. The van der Waals surface area contributed by atoms with Crippen molar-refractivity contribution < 1.29 is 9.90 Å². The van der Waals surface area contributed by atoms with Crippen molar-refractivity contribution in [3.8, 4) is 0 Å². The fourth-order valence-electron chi connectivity index (χ4n) is 1.11. The van der Waals surface area contributed by atoms with E-state index >= 15 is 0 Å². The Kier molecular flexibility index (Phi) is 7.00. The second-order valence-corrected chi connectivity index (χ2v) is 3.02. The van der Waals surface area contributed by atoms with E-state index in [2.05, 4.69) is 11.8 Å². The highest BCUT2D eigenvalue weighted by atomic mass is 16.3. The highest BCUT2D eigenvalue weighted by molar-refractivity contribution is 5.75. The van der Waals surface area contributed by atoms with Gasteiger partial charge in [0.2, 0.25) is 0 Å². The maximum absolute atomic E-state index is 10.7. The van der Waals surface area contributed by atoms with Gasteiger partial charge in [0, 0.05) is 19.5 Å². The van der Waals surface area contributed by atoms with Gasteiger partial charge in [-0.15, -0.1) is 0 Å². The normalized spacial score (nSPS) is 10.7. The first-order valence-electron chi connectivity index (χ1n) is 4.53. The minimum absolute atomic E-state index is 0.178. The Balaban J connectivity index is 3.54. The van der Waals surface area contributed by atoms with Crippen LogP contribution in [0.4, 0.5) is 0 Å². The third-order valence-corrected chi connectivity index (χ3v) is 1.74. The van der Waals surface area contributed by atoms with Gasteiger partial charge in [-0.1, -0.05) is 6.92 Å². The first-order chi connectivity index (χ1) is 5.70. The number of carbonyl (C=O) groups is 1. The fourth-order valence-corrected chi connectivity index (χ4v) is 1.11. The van der Waals surface area contributed by atoms with Crippen LogP contribution in [0.2, 0.25) is 0 Å². The molecule has 0 rings (SSSR count). The average Bonchev–Trinajstić information content (AvgIpc) is 2.01. The van der Waals surface area contributed by atoms with Crippen molar-refractivity contribution in [3.05, 3.63) is 0 Å². The zero-order chi connectivity index (χ0) is 9.40. The third-order valence-electron chi connectivity index (χ3n) is 1.74. The first kappa shape index (κ1) is 11.6. The summed E-state index contributed by atoms with van der Waals surface area (Å²) in [6.07, 6.45) is 1.66. The molecule has 0 aliphatic carbocycles. The SMILES string of the molecule is CCCN(CCO)CCC(C)=O. The van der Waals surface area contributed by atoms with Crippen LogP contribution in [-0.4, -0.2) is 42.0 Å². The van der Waals surface area contributed by atoms with E-state index in [1.165, 1.54) is 0 Å². The van der Waals surface area contributed by atoms with Crippen LogP contribution in [0.15, 0.2) is 0 Å². The summed E-state index contributed by atoms with van der Waals surface area (Å²) >= 11 is 0. The molecule has 72 valence electrons. The standard InChI is InChI=1S/C9H19NO2/c1-3-5-10(7-8-11)6-4-9(2)12/h11H,3-8H2,1-2H3. The molecule has 0 radical (unpaired) electrons. The lowest BCUT2D eigenvalue weighted by molar-refractivity contribution is -0.117. The first-order valence-corrected chi connectivity index (χ1v) is 4.53. The summed E-state index contributed by atoms with van der Waals surface area (Å²) in [5.41, 5.74) is 0. The quantitative estimate of drug-likeness (QED) is 0.615. The van der Waals surface area contributed by atoms with Crippen molar-refractivity contribution in [1.29, 1.82) is 0 Å². The lowest BCUT2D eigenvalue weighted by Gasteiger charge is -2.19. The summed E-state index contributed by atoms with van der Waals surface area (Å²) in [5.74, 6) is 0.217. The topological polar surface area (TPSA) is 40.5 Å². The lowest BCUT2D eigenvalue weighted by atomic mass is 10.3. The number of Topliss-reactive ketones (excluding diaryl/α,β-unsaturated/α-hetero) is 1. The molecule has 0 unspecified atom stereocenters. The number of aliphatic hydroxyl groups excluding tert-OH is 1. The van der Waals surface area contributed by atoms with Crippen LogP contribution < -0.4 is 0 Å². The van der Waals surface area contributed by atoms with E-state index in [1.54, 1.807) is 6.92 Å². The second-order valence-electron chi connectivity index (χ2n) is 3.02. The zero-order valence-corrected chi connectivity index (χ0v) is 8.05. The molecule has 3 nitrogen and oxygen atoms in total. The second kappa shape index (κ2) is 7.25. The fraction of sp³-hybridized carbons (Fsp3) is 0.889. The van der Waals surface area contributed by atoms with E-state index in [0.717, 1.165) is 19.5 Å². The average molecular weight is 173 g/mol. The van der Waals surface area contributed by atoms with Crippen molar-refractivity contribution in [3.63, 3.8) is 0 Å². The highest BCUT2D eigenvalue weighted by Gasteiger charge is 2.03. The molecular formula is C9H19NO2. The van der Waals surface area contributed by atoms with E-state index in [1.807, 2.05) is 0 Å². The summed E-state index contributed by atoms with van der Waals surface area (Å²) in [4.78, 5) is 12.8. The Morgan fingerprint density at radius 3 is 2.42 bits per heavy atom. The summed E-state index contributed by atoms with van der Waals surface area (Å²) in [7, 11) is 0. The van der Waals surface area contributed by atoms with Crippen LogP contribution in [-0.2, 0) is 4.79 Å². The van der Waals surface area contributed by atoms with Crippen molar-refractivity contribution in [1.82, 2.24) is 4.90 Å². The largest absolute Gasteiger partial charge is 0.395 e. The number of hydrogen-bond acceptors (Lipinski definition) is 3. The molecule has 0 atom stereocenters. The molecule has 0 aromatic carbocycles. The molecule has 0 aliphatic rings. The molecule has 12 heavy (non-hydrogen) atoms. The molecular weight excluding hydrogens is 154 g/mol. The Morgan fingerprint density at radius 1 is 1.33 bits per heavy atom. The molecule has 0 amide bonds. The molecule has 0 saturated carbocycles. The summed E-state index contributed by atoms with van der Waals surface area (Å²) < 4.78 is 0. The third kappa shape index (κ3) is 6.31. The Morgan fingerprint density at radius 2 is 2.00 bits per heavy atom. The van der Waals surface area contributed by atoms with Gasteiger partial charge >= 0.3 is 0 Å². The smallest absolute Gasteiger partial charge is 0.131 e. The molecule has 0 saturated heterocycles. The van der Waals surface area contributed by atoms with Crippen molar-refractivity contribution >= 4 is 5.78 Å². The minimum Gasteiger partial charge on any atom is -0.395 e. The van der Waals surface area contributed by atoms with Crippen LogP contribution in [0.25, 0.3) is 0 Å². The Bertz CT molecular complexity index is 120. The molecule has 0 aliphatic heterocycles. The molecule has 0 spiro atoms. The predicted octanol–water partition coefficient (Wildman–Crippen LogP) is 0.670. The van der Waals surface area contributed by atoms with Gasteiger partial charge in [-0.3, -0.25) is 4.79 Å². The van der Waals surface area contributed by atoms with Crippen LogP contribution in [0, 0.1) is 0 Å². The van der Waals surface area contributed by atoms with E-state index < -0.39 is 0 Å². The van der Waals surface area contributed by atoms with Crippen LogP contribution in [0.3, 0.4) is 0 Å². The van der Waals surface area contributed by atoms with Gasteiger partial charge < -0.3 is 10.0 Å². The van der Waals surface area contributed by atoms with E-state index in [9.17, 15) is 4.79 Å². The van der Waals surface area contributed by atoms with Gasteiger partial charge in [-0.2, -0.15) is 0 Å². The summed E-state index contributed by atoms with van der Waals surface area (Å²) in [5, 5.41) is 8.70. The van der Waals surface area contributed by atoms with Gasteiger partial charge in [0.15, 0.2) is 0 Å². The van der Waals surface area contributed by atoms with Gasteiger partial charge in [0.1, 0.15) is 5.78 Å². The Hall–Kier alpha value is -0.410. The lowest BCUT2D eigenvalue weighted by Crippen LogP contribution is -2.29. The molecule has 0 bridgehead atoms. The number of aliphatic hydroxyl groups is 1. The number of ketones is 1. The number of rotatable bonds is 7. The van der Waals surface area contributed by atoms with E-state index in [0.29, 0.717) is 13.0 Å². The summed E-state index contributed by atoms with van der Waals surface area (Å²) in [6, 6.07) is 0. The number of nitrogens with zero attached hydrogens (tertiary/aromatic N) is 1. The van der Waals surface area contributed by atoms with E-state index in [-0.39, 0.29) is 12.4 Å². The van der Waals surface area contributed by atoms with Crippen molar-refractivity contribution in [2.24, 2.45) is 0 Å². The number of carbonyl (C=O) groups excluding carboxylic acids is 1. The van der Waals surface area contributed by atoms with Gasteiger partial charge in [-0.05, 0) is 19.9 Å².